The van der Waals surface area contributed by atoms with E-state index in [0.29, 0.717) is 18.9 Å². The van der Waals surface area contributed by atoms with Crippen molar-refractivity contribution in [1.29, 1.82) is 0 Å². The molecule has 1 aromatic carbocycles. The van der Waals surface area contributed by atoms with E-state index in [2.05, 4.69) is 11.9 Å². The Morgan fingerprint density at radius 2 is 2.28 bits per heavy atom. The maximum absolute atomic E-state index is 11.7. The van der Waals surface area contributed by atoms with Crippen molar-refractivity contribution in [3.63, 3.8) is 0 Å². The number of hydrogen-bond acceptors (Lipinski definition) is 6. The molecular formula is C19H23NO4S. The largest absolute Gasteiger partial charge is 0.493 e. The van der Waals surface area contributed by atoms with E-state index in [0.717, 1.165) is 41.5 Å². The highest BCUT2D eigenvalue weighted by Crippen LogP contribution is 2.32. The molecule has 1 aliphatic rings. The van der Waals surface area contributed by atoms with Crippen LogP contribution in [0.5, 0.6) is 5.75 Å². The Labute approximate surface area is 151 Å². The third-order valence-corrected chi connectivity index (χ3v) is 5.18. The van der Waals surface area contributed by atoms with Gasteiger partial charge in [-0.1, -0.05) is 6.92 Å². The SMILES string of the molecule is CCOC(=O)c1csc(-c2ccc(OCC3(C)CCOC3)c(C)c2)n1. The molecule has 25 heavy (non-hydrogen) atoms. The van der Waals surface area contributed by atoms with Crippen molar-refractivity contribution in [1.82, 2.24) is 4.98 Å². The van der Waals surface area contributed by atoms with Gasteiger partial charge in [-0.25, -0.2) is 9.78 Å². The molecule has 0 spiro atoms. The van der Waals surface area contributed by atoms with Crippen LogP contribution in [-0.4, -0.2) is 37.4 Å². The van der Waals surface area contributed by atoms with Gasteiger partial charge in [0.05, 0.1) is 19.8 Å². The Morgan fingerprint density at radius 3 is 2.96 bits per heavy atom. The zero-order chi connectivity index (χ0) is 17.9. The molecule has 0 aliphatic carbocycles. The molecule has 0 N–H and O–H groups in total. The van der Waals surface area contributed by atoms with Gasteiger partial charge in [-0.2, -0.15) is 0 Å². The second-order valence-corrected chi connectivity index (χ2v) is 7.50. The van der Waals surface area contributed by atoms with Gasteiger partial charge in [-0.3, -0.25) is 0 Å². The molecule has 1 unspecified atom stereocenters. The van der Waals surface area contributed by atoms with E-state index in [1.165, 1.54) is 11.3 Å². The lowest BCUT2D eigenvalue weighted by Gasteiger charge is -2.22. The third kappa shape index (κ3) is 4.19. The standard InChI is InChI=1S/C19H23NO4S/c1-4-23-18(21)15-10-25-17(20-15)14-5-6-16(13(2)9-14)24-12-19(3)7-8-22-11-19/h5-6,9-10H,4,7-8,11-12H2,1-3H3. The maximum atomic E-state index is 11.7. The van der Waals surface area contributed by atoms with Gasteiger partial charge in [0.1, 0.15) is 10.8 Å². The molecule has 5 nitrogen and oxygen atoms in total. The molecule has 0 bridgehead atoms. The number of carbonyl (C=O) groups is 1. The van der Waals surface area contributed by atoms with E-state index in [1.54, 1.807) is 12.3 Å². The van der Waals surface area contributed by atoms with Crippen LogP contribution in [0.15, 0.2) is 23.6 Å². The van der Waals surface area contributed by atoms with Crippen molar-refractivity contribution in [2.45, 2.75) is 27.2 Å². The van der Waals surface area contributed by atoms with Crippen molar-refractivity contribution in [3.05, 3.63) is 34.8 Å². The van der Waals surface area contributed by atoms with E-state index in [4.69, 9.17) is 14.2 Å². The van der Waals surface area contributed by atoms with Gasteiger partial charge in [0.25, 0.3) is 0 Å². The number of benzene rings is 1. The average Bonchev–Trinajstić information content (AvgIpc) is 3.24. The fraction of sp³-hybridized carbons (Fsp3) is 0.474. The van der Waals surface area contributed by atoms with Crippen LogP contribution < -0.4 is 4.74 Å². The van der Waals surface area contributed by atoms with Crippen LogP contribution in [0, 0.1) is 12.3 Å². The number of esters is 1. The van der Waals surface area contributed by atoms with Crippen LogP contribution in [0.2, 0.25) is 0 Å². The summed E-state index contributed by atoms with van der Waals surface area (Å²) in [4.78, 5) is 16.1. The minimum Gasteiger partial charge on any atom is -0.493 e. The number of thiazole rings is 1. The first-order chi connectivity index (χ1) is 12.0. The lowest BCUT2D eigenvalue weighted by atomic mass is 9.91. The van der Waals surface area contributed by atoms with E-state index >= 15 is 0 Å². The van der Waals surface area contributed by atoms with Gasteiger partial charge in [0, 0.05) is 23.0 Å². The Balaban J connectivity index is 1.70. The molecule has 6 heteroatoms. The minimum absolute atomic E-state index is 0.0922. The summed E-state index contributed by atoms with van der Waals surface area (Å²) in [5, 5.41) is 2.53. The number of aryl methyl sites for hydroxylation is 1. The molecule has 1 atom stereocenters. The highest BCUT2D eigenvalue weighted by molar-refractivity contribution is 7.13. The van der Waals surface area contributed by atoms with Crippen LogP contribution in [0.25, 0.3) is 10.6 Å². The van der Waals surface area contributed by atoms with Crippen LogP contribution in [0.3, 0.4) is 0 Å². The Morgan fingerprint density at radius 1 is 1.44 bits per heavy atom. The van der Waals surface area contributed by atoms with E-state index in [1.807, 2.05) is 25.1 Å². The fourth-order valence-corrected chi connectivity index (χ4v) is 3.51. The van der Waals surface area contributed by atoms with E-state index in [9.17, 15) is 4.79 Å². The quantitative estimate of drug-likeness (QED) is 0.725. The van der Waals surface area contributed by atoms with Gasteiger partial charge in [-0.05, 0) is 44.0 Å². The van der Waals surface area contributed by atoms with Crippen molar-refractivity contribution in [2.75, 3.05) is 26.4 Å². The van der Waals surface area contributed by atoms with Gasteiger partial charge in [-0.15, -0.1) is 11.3 Å². The Hall–Kier alpha value is -1.92. The number of aromatic nitrogens is 1. The molecule has 3 rings (SSSR count). The summed E-state index contributed by atoms with van der Waals surface area (Å²) in [6.45, 7) is 8.55. The molecule has 0 amide bonds. The smallest absolute Gasteiger partial charge is 0.357 e. The summed E-state index contributed by atoms with van der Waals surface area (Å²) in [6, 6.07) is 5.98. The normalized spacial score (nSPS) is 19.8. The van der Waals surface area contributed by atoms with Crippen LogP contribution >= 0.6 is 11.3 Å². The first kappa shape index (κ1) is 17.9. The number of hydrogen-bond donors (Lipinski definition) is 0. The summed E-state index contributed by atoms with van der Waals surface area (Å²) < 4.78 is 16.5. The summed E-state index contributed by atoms with van der Waals surface area (Å²) in [7, 11) is 0. The van der Waals surface area contributed by atoms with Gasteiger partial charge in [0.15, 0.2) is 5.69 Å². The van der Waals surface area contributed by atoms with E-state index in [-0.39, 0.29) is 11.4 Å². The summed E-state index contributed by atoms with van der Waals surface area (Å²) in [6.07, 6.45) is 1.03. The zero-order valence-corrected chi connectivity index (χ0v) is 15.6. The summed E-state index contributed by atoms with van der Waals surface area (Å²) in [5.74, 6) is 0.493. The summed E-state index contributed by atoms with van der Waals surface area (Å²) >= 11 is 1.44. The molecule has 1 aromatic heterocycles. The predicted octanol–water partition coefficient (Wildman–Crippen LogP) is 4.10. The molecule has 0 radical (unpaired) electrons. The van der Waals surface area contributed by atoms with Crippen molar-refractivity contribution in [3.8, 4) is 16.3 Å². The number of ether oxygens (including phenoxy) is 3. The second-order valence-electron chi connectivity index (χ2n) is 6.64. The van der Waals surface area contributed by atoms with Crippen molar-refractivity contribution in [2.24, 2.45) is 5.41 Å². The molecule has 2 heterocycles. The van der Waals surface area contributed by atoms with Crippen LogP contribution in [-0.2, 0) is 9.47 Å². The molecule has 1 aliphatic heterocycles. The highest BCUT2D eigenvalue weighted by Gasteiger charge is 2.30. The predicted molar refractivity (Wildman–Crippen MR) is 97.3 cm³/mol. The minimum atomic E-state index is -0.381. The molecule has 134 valence electrons. The number of rotatable bonds is 6. The molecule has 2 aromatic rings. The van der Waals surface area contributed by atoms with Crippen molar-refractivity contribution < 1.29 is 19.0 Å². The zero-order valence-electron chi connectivity index (χ0n) is 14.8. The average molecular weight is 361 g/mol. The van der Waals surface area contributed by atoms with E-state index < -0.39 is 0 Å². The number of nitrogens with zero attached hydrogens (tertiary/aromatic N) is 1. The third-order valence-electron chi connectivity index (χ3n) is 4.29. The molecular weight excluding hydrogens is 338 g/mol. The maximum Gasteiger partial charge on any atom is 0.357 e. The topological polar surface area (TPSA) is 57.7 Å². The summed E-state index contributed by atoms with van der Waals surface area (Å²) in [5.41, 5.74) is 2.47. The molecule has 1 saturated heterocycles. The second kappa shape index (κ2) is 7.54. The fourth-order valence-electron chi connectivity index (χ4n) is 2.72. The molecule has 1 fully saturated rings. The van der Waals surface area contributed by atoms with Gasteiger partial charge < -0.3 is 14.2 Å². The Kier molecular flexibility index (Phi) is 5.39. The van der Waals surface area contributed by atoms with Gasteiger partial charge in [0.2, 0.25) is 0 Å². The van der Waals surface area contributed by atoms with Crippen molar-refractivity contribution >= 4 is 17.3 Å². The molecule has 0 saturated carbocycles. The first-order valence-corrected chi connectivity index (χ1v) is 9.33. The highest BCUT2D eigenvalue weighted by atomic mass is 32.1. The lowest BCUT2D eigenvalue weighted by Crippen LogP contribution is -2.25. The lowest BCUT2D eigenvalue weighted by molar-refractivity contribution is 0.0520. The number of carbonyl (C=O) groups excluding carboxylic acids is 1. The Bertz CT molecular complexity index is 750. The van der Waals surface area contributed by atoms with Crippen LogP contribution in [0.4, 0.5) is 0 Å². The first-order valence-electron chi connectivity index (χ1n) is 8.45. The van der Waals surface area contributed by atoms with Gasteiger partial charge >= 0.3 is 5.97 Å². The monoisotopic (exact) mass is 361 g/mol. The van der Waals surface area contributed by atoms with Crippen LogP contribution in [0.1, 0.15) is 36.3 Å².